The number of carbonyl (C=O) groups excluding carboxylic acids is 2. The number of halogens is 1. The standard InChI is InChI=1S/C16H15FN2O3/c1-22-16(21)14(9-11-4-2-6-13(17)8-11)19-15(20)12-5-3-7-18-10-12/h2-8,10,14H,9H2,1H3,(H,19,20)/t14-/m0/s1. The Balaban J connectivity index is 2.13. The van der Waals surface area contributed by atoms with E-state index in [0.717, 1.165) is 0 Å². The highest BCUT2D eigenvalue weighted by Gasteiger charge is 2.22. The molecule has 1 aromatic heterocycles. The molecule has 1 amide bonds. The van der Waals surface area contributed by atoms with E-state index in [0.29, 0.717) is 11.1 Å². The van der Waals surface area contributed by atoms with Crippen LogP contribution in [0.2, 0.25) is 0 Å². The molecule has 1 atom stereocenters. The van der Waals surface area contributed by atoms with E-state index in [1.807, 2.05) is 0 Å². The summed E-state index contributed by atoms with van der Waals surface area (Å²) in [6.07, 6.45) is 3.07. The summed E-state index contributed by atoms with van der Waals surface area (Å²) < 4.78 is 17.9. The maximum Gasteiger partial charge on any atom is 0.328 e. The number of nitrogens with zero attached hydrogens (tertiary/aromatic N) is 1. The zero-order valence-corrected chi connectivity index (χ0v) is 12.0. The van der Waals surface area contributed by atoms with Gasteiger partial charge in [-0.05, 0) is 29.8 Å². The number of amides is 1. The van der Waals surface area contributed by atoms with Crippen LogP contribution in [-0.2, 0) is 16.0 Å². The Hall–Kier alpha value is -2.76. The van der Waals surface area contributed by atoms with Crippen molar-refractivity contribution in [2.45, 2.75) is 12.5 Å². The number of benzene rings is 1. The quantitative estimate of drug-likeness (QED) is 0.854. The zero-order valence-electron chi connectivity index (χ0n) is 12.0. The fraction of sp³-hybridized carbons (Fsp3) is 0.188. The molecule has 114 valence electrons. The van der Waals surface area contributed by atoms with Gasteiger partial charge in [-0.3, -0.25) is 9.78 Å². The van der Waals surface area contributed by atoms with Gasteiger partial charge in [-0.25, -0.2) is 9.18 Å². The van der Waals surface area contributed by atoms with E-state index in [4.69, 9.17) is 0 Å². The number of carbonyl (C=O) groups is 2. The Morgan fingerprint density at radius 2 is 2.14 bits per heavy atom. The average Bonchev–Trinajstić information content (AvgIpc) is 2.54. The van der Waals surface area contributed by atoms with Crippen molar-refractivity contribution in [1.29, 1.82) is 0 Å². The van der Waals surface area contributed by atoms with Crippen LogP contribution in [0, 0.1) is 5.82 Å². The Kier molecular flexibility index (Phi) is 5.19. The van der Waals surface area contributed by atoms with Crippen molar-refractivity contribution < 1.29 is 18.7 Å². The molecule has 1 heterocycles. The van der Waals surface area contributed by atoms with Gasteiger partial charge >= 0.3 is 5.97 Å². The van der Waals surface area contributed by atoms with Crippen LogP contribution in [0.1, 0.15) is 15.9 Å². The van der Waals surface area contributed by atoms with E-state index >= 15 is 0 Å². The van der Waals surface area contributed by atoms with E-state index < -0.39 is 23.7 Å². The lowest BCUT2D eigenvalue weighted by atomic mass is 10.1. The Labute approximate surface area is 127 Å². The number of hydrogen-bond donors (Lipinski definition) is 1. The molecule has 0 aliphatic rings. The van der Waals surface area contributed by atoms with Gasteiger partial charge in [-0.1, -0.05) is 12.1 Å². The zero-order chi connectivity index (χ0) is 15.9. The van der Waals surface area contributed by atoms with E-state index in [1.54, 1.807) is 30.5 Å². The van der Waals surface area contributed by atoms with Crippen LogP contribution in [0.25, 0.3) is 0 Å². The third-order valence-electron chi connectivity index (χ3n) is 3.04. The van der Waals surface area contributed by atoms with E-state index in [1.165, 1.54) is 25.4 Å². The van der Waals surface area contributed by atoms with Crippen molar-refractivity contribution in [2.24, 2.45) is 0 Å². The molecule has 1 aromatic carbocycles. The first-order chi connectivity index (χ1) is 10.6. The summed E-state index contributed by atoms with van der Waals surface area (Å²) in [5.41, 5.74) is 0.914. The summed E-state index contributed by atoms with van der Waals surface area (Å²) in [5, 5.41) is 2.58. The molecule has 0 spiro atoms. The maximum absolute atomic E-state index is 13.2. The van der Waals surface area contributed by atoms with Crippen LogP contribution in [0.15, 0.2) is 48.8 Å². The molecular formula is C16H15FN2O3. The van der Waals surface area contributed by atoms with Crippen molar-refractivity contribution in [1.82, 2.24) is 10.3 Å². The summed E-state index contributed by atoms with van der Waals surface area (Å²) in [4.78, 5) is 27.8. The van der Waals surface area contributed by atoms with E-state index in [9.17, 15) is 14.0 Å². The van der Waals surface area contributed by atoms with Crippen LogP contribution in [-0.4, -0.2) is 30.0 Å². The minimum absolute atomic E-state index is 0.135. The third kappa shape index (κ3) is 4.12. The minimum atomic E-state index is -0.903. The lowest BCUT2D eigenvalue weighted by Gasteiger charge is -2.16. The smallest absolute Gasteiger partial charge is 0.328 e. The Bertz CT molecular complexity index is 661. The van der Waals surface area contributed by atoms with Gasteiger partial charge < -0.3 is 10.1 Å². The molecule has 22 heavy (non-hydrogen) atoms. The van der Waals surface area contributed by atoms with Gasteiger partial charge in [0.2, 0.25) is 0 Å². The second-order valence-electron chi connectivity index (χ2n) is 4.62. The number of pyridine rings is 1. The highest BCUT2D eigenvalue weighted by Crippen LogP contribution is 2.08. The number of ether oxygens (including phenoxy) is 1. The third-order valence-corrected chi connectivity index (χ3v) is 3.04. The number of nitrogens with one attached hydrogen (secondary N) is 1. The molecule has 0 unspecified atom stereocenters. The van der Waals surface area contributed by atoms with Gasteiger partial charge in [-0.15, -0.1) is 0 Å². The van der Waals surface area contributed by atoms with Gasteiger partial charge in [0, 0.05) is 18.8 Å². The number of hydrogen-bond acceptors (Lipinski definition) is 4. The van der Waals surface area contributed by atoms with Crippen LogP contribution in [0.4, 0.5) is 4.39 Å². The summed E-state index contributed by atoms with van der Waals surface area (Å²) in [5.74, 6) is -1.44. The lowest BCUT2D eigenvalue weighted by Crippen LogP contribution is -2.43. The molecule has 2 aromatic rings. The Morgan fingerprint density at radius 1 is 1.32 bits per heavy atom. The largest absolute Gasteiger partial charge is 0.467 e. The number of methoxy groups -OCH3 is 1. The molecule has 2 rings (SSSR count). The molecule has 0 bridgehead atoms. The predicted molar refractivity (Wildman–Crippen MR) is 77.6 cm³/mol. The second-order valence-corrected chi connectivity index (χ2v) is 4.62. The van der Waals surface area contributed by atoms with Crippen LogP contribution < -0.4 is 5.32 Å². The molecule has 0 aliphatic heterocycles. The van der Waals surface area contributed by atoms with Crippen molar-refractivity contribution in [3.8, 4) is 0 Å². The number of rotatable bonds is 5. The lowest BCUT2D eigenvalue weighted by molar-refractivity contribution is -0.142. The van der Waals surface area contributed by atoms with Crippen molar-refractivity contribution in [2.75, 3.05) is 7.11 Å². The summed E-state index contributed by atoms with van der Waals surface area (Å²) in [6.45, 7) is 0. The molecular weight excluding hydrogens is 287 g/mol. The van der Waals surface area contributed by atoms with Gasteiger partial charge in [0.25, 0.3) is 5.91 Å². The van der Waals surface area contributed by atoms with E-state index in [-0.39, 0.29) is 6.42 Å². The van der Waals surface area contributed by atoms with Crippen molar-refractivity contribution in [3.63, 3.8) is 0 Å². The molecule has 6 heteroatoms. The first kappa shape index (κ1) is 15.6. The Morgan fingerprint density at radius 3 is 2.77 bits per heavy atom. The molecule has 0 fully saturated rings. The molecule has 1 N–H and O–H groups in total. The monoisotopic (exact) mass is 302 g/mol. The topological polar surface area (TPSA) is 68.3 Å². The van der Waals surface area contributed by atoms with Gasteiger partial charge in [0.05, 0.1) is 12.7 Å². The van der Waals surface area contributed by atoms with Gasteiger partial charge in [0.1, 0.15) is 11.9 Å². The van der Waals surface area contributed by atoms with Crippen LogP contribution in [0.3, 0.4) is 0 Å². The molecule has 0 saturated carbocycles. The summed E-state index contributed by atoms with van der Waals surface area (Å²) in [6, 6.07) is 8.14. The van der Waals surface area contributed by atoms with Gasteiger partial charge in [0.15, 0.2) is 0 Å². The first-order valence-corrected chi connectivity index (χ1v) is 6.63. The molecule has 0 saturated heterocycles. The average molecular weight is 302 g/mol. The van der Waals surface area contributed by atoms with Gasteiger partial charge in [-0.2, -0.15) is 0 Å². The normalized spacial score (nSPS) is 11.5. The SMILES string of the molecule is COC(=O)[C@H](Cc1cccc(F)c1)NC(=O)c1cccnc1. The summed E-state index contributed by atoms with van der Waals surface area (Å²) in [7, 11) is 1.23. The highest BCUT2D eigenvalue weighted by molar-refractivity contribution is 5.96. The number of esters is 1. The highest BCUT2D eigenvalue weighted by atomic mass is 19.1. The predicted octanol–water partition coefficient (Wildman–Crippen LogP) is 1.73. The fourth-order valence-corrected chi connectivity index (χ4v) is 1.97. The first-order valence-electron chi connectivity index (χ1n) is 6.63. The van der Waals surface area contributed by atoms with Crippen LogP contribution in [0.5, 0.6) is 0 Å². The van der Waals surface area contributed by atoms with E-state index in [2.05, 4.69) is 15.0 Å². The fourth-order valence-electron chi connectivity index (χ4n) is 1.97. The summed E-state index contributed by atoms with van der Waals surface area (Å²) >= 11 is 0. The van der Waals surface area contributed by atoms with Crippen molar-refractivity contribution >= 4 is 11.9 Å². The van der Waals surface area contributed by atoms with Crippen LogP contribution >= 0.6 is 0 Å². The second kappa shape index (κ2) is 7.31. The minimum Gasteiger partial charge on any atom is -0.467 e. The molecule has 5 nitrogen and oxygen atoms in total. The van der Waals surface area contributed by atoms with Crippen molar-refractivity contribution in [3.05, 3.63) is 65.7 Å². The molecule has 0 aliphatic carbocycles. The maximum atomic E-state index is 13.2. The number of aromatic nitrogens is 1. The molecule has 0 radical (unpaired) electrons.